The Morgan fingerprint density at radius 1 is 0.290 bits per heavy atom. The predicted molar refractivity (Wildman–Crippen MR) is 377 cm³/mol. The van der Waals surface area contributed by atoms with Gasteiger partial charge in [0.2, 0.25) is 0 Å². The van der Waals surface area contributed by atoms with Gasteiger partial charge in [0.05, 0.1) is 26.4 Å². The number of hydrogen-bond acceptors (Lipinski definition) is 15. The largest absolute Gasteiger partial charge is 0.472 e. The number of hydrogen-bond donors (Lipinski definition) is 3. The molecule has 0 aliphatic carbocycles. The Balaban J connectivity index is 5.23. The summed E-state index contributed by atoms with van der Waals surface area (Å²) in [7, 11) is -9.90. The van der Waals surface area contributed by atoms with E-state index in [9.17, 15) is 43.2 Å². The van der Waals surface area contributed by atoms with Crippen LogP contribution in [0.4, 0.5) is 0 Å². The molecule has 0 saturated carbocycles. The van der Waals surface area contributed by atoms with Gasteiger partial charge in [0.1, 0.15) is 19.3 Å². The minimum Gasteiger partial charge on any atom is -0.462 e. The summed E-state index contributed by atoms with van der Waals surface area (Å²) in [6.07, 6.45) is 55.3. The molecular weight excluding hydrogens is 1220 g/mol. The van der Waals surface area contributed by atoms with E-state index in [1.54, 1.807) is 0 Å². The molecule has 0 radical (unpaired) electrons. The number of ether oxygens (including phenoxy) is 4. The van der Waals surface area contributed by atoms with E-state index in [0.29, 0.717) is 25.7 Å². The van der Waals surface area contributed by atoms with E-state index < -0.39 is 97.5 Å². The lowest BCUT2D eigenvalue weighted by atomic mass is 10.0. The van der Waals surface area contributed by atoms with E-state index >= 15 is 0 Å². The molecule has 17 nitrogen and oxygen atoms in total. The number of aliphatic hydroxyl groups is 1. The van der Waals surface area contributed by atoms with Crippen LogP contribution >= 0.6 is 15.6 Å². The summed E-state index contributed by atoms with van der Waals surface area (Å²) in [5.41, 5.74) is 0. The molecule has 552 valence electrons. The van der Waals surface area contributed by atoms with Crippen molar-refractivity contribution in [2.45, 2.75) is 406 Å². The molecule has 0 aliphatic rings. The standard InChI is InChI=1S/C74H144O17P2/c1-6-9-12-15-18-21-24-25-26-27-30-34-38-43-48-53-58-72(77)85-64-70(91-74(79)60-55-50-45-40-35-31-28-29-33-36-41-46-51-56-67(4)5)66-89-93(82,83)87-62-68(75)61-86-92(80,81)88-65-69(63-84-71(76)57-52-47-42-37-23-20-17-14-11-8-3)90-73(78)59-54-49-44-39-32-22-19-16-13-10-7-2/h67-70,75H,6-66H2,1-5H3,(H,80,81)(H,82,83)/t68-,69+,70+/m0/s1. The Morgan fingerprint density at radius 2 is 0.495 bits per heavy atom. The fourth-order valence-corrected chi connectivity index (χ4v) is 12.9. The van der Waals surface area contributed by atoms with E-state index in [1.807, 2.05) is 0 Å². The lowest BCUT2D eigenvalue weighted by Gasteiger charge is -2.21. The van der Waals surface area contributed by atoms with E-state index in [0.717, 1.165) is 95.8 Å². The highest BCUT2D eigenvalue weighted by atomic mass is 31.2. The van der Waals surface area contributed by atoms with Crippen LogP contribution in [-0.2, 0) is 65.4 Å². The van der Waals surface area contributed by atoms with Gasteiger partial charge in [-0.25, -0.2) is 9.13 Å². The minimum atomic E-state index is -4.95. The second-order valence-corrected chi connectivity index (χ2v) is 30.1. The van der Waals surface area contributed by atoms with Crippen molar-refractivity contribution in [2.75, 3.05) is 39.6 Å². The van der Waals surface area contributed by atoms with E-state index in [4.69, 9.17) is 37.0 Å². The Bertz CT molecular complexity index is 1790. The highest BCUT2D eigenvalue weighted by molar-refractivity contribution is 7.47. The summed E-state index contributed by atoms with van der Waals surface area (Å²) < 4.78 is 68.4. The molecule has 3 N–H and O–H groups in total. The quantitative estimate of drug-likeness (QED) is 0.0222. The van der Waals surface area contributed by atoms with Gasteiger partial charge in [-0.3, -0.25) is 37.3 Å². The van der Waals surface area contributed by atoms with Crippen LogP contribution in [-0.4, -0.2) is 96.7 Å². The van der Waals surface area contributed by atoms with Gasteiger partial charge in [-0.1, -0.05) is 336 Å². The third kappa shape index (κ3) is 68.4. The van der Waals surface area contributed by atoms with Gasteiger partial charge in [-0.2, -0.15) is 0 Å². The van der Waals surface area contributed by atoms with Gasteiger partial charge in [0.15, 0.2) is 12.2 Å². The fourth-order valence-electron chi connectivity index (χ4n) is 11.4. The SMILES string of the molecule is CCCCCCCCCCCCCCCCCCC(=O)OC[C@H](COP(=O)(O)OC[C@@H](O)COP(=O)(O)OC[C@@H](COC(=O)CCCCCCCCCCCC)OC(=O)CCCCCCCCCCCCC)OC(=O)CCCCCCCCCCCCCCCC(C)C. The maximum atomic E-state index is 13.1. The molecule has 0 heterocycles. The minimum absolute atomic E-state index is 0.107. The smallest absolute Gasteiger partial charge is 0.462 e. The zero-order valence-electron chi connectivity index (χ0n) is 60.4. The highest BCUT2D eigenvalue weighted by Crippen LogP contribution is 2.45. The first-order valence-electron chi connectivity index (χ1n) is 38.6. The molecule has 2 unspecified atom stereocenters. The van der Waals surface area contributed by atoms with Gasteiger partial charge < -0.3 is 33.8 Å². The molecule has 0 aliphatic heterocycles. The highest BCUT2D eigenvalue weighted by Gasteiger charge is 2.30. The topological polar surface area (TPSA) is 237 Å². The predicted octanol–water partition coefficient (Wildman–Crippen LogP) is 21.7. The molecule has 0 fully saturated rings. The fraction of sp³-hybridized carbons (Fsp3) is 0.946. The van der Waals surface area contributed by atoms with Crippen LogP contribution in [0.15, 0.2) is 0 Å². The molecule has 0 rings (SSSR count). The molecule has 0 bridgehead atoms. The number of carbonyl (C=O) groups is 4. The number of esters is 4. The number of phosphoric ester groups is 2. The van der Waals surface area contributed by atoms with Crippen molar-refractivity contribution in [3.05, 3.63) is 0 Å². The van der Waals surface area contributed by atoms with Crippen molar-refractivity contribution in [1.82, 2.24) is 0 Å². The summed E-state index contributed by atoms with van der Waals surface area (Å²) in [6, 6.07) is 0. The summed E-state index contributed by atoms with van der Waals surface area (Å²) in [5, 5.41) is 10.6. The van der Waals surface area contributed by atoms with Crippen molar-refractivity contribution < 1.29 is 80.2 Å². The monoisotopic (exact) mass is 1370 g/mol. The van der Waals surface area contributed by atoms with E-state index in [1.165, 1.54) is 212 Å². The second-order valence-electron chi connectivity index (χ2n) is 27.2. The molecule has 93 heavy (non-hydrogen) atoms. The molecule has 5 atom stereocenters. The zero-order valence-corrected chi connectivity index (χ0v) is 62.2. The molecule has 0 aromatic rings. The van der Waals surface area contributed by atoms with Gasteiger partial charge in [0.25, 0.3) is 0 Å². The Kier molecular flexibility index (Phi) is 65.9. The van der Waals surface area contributed by atoms with Crippen molar-refractivity contribution in [3.8, 4) is 0 Å². The van der Waals surface area contributed by atoms with Crippen molar-refractivity contribution in [1.29, 1.82) is 0 Å². The number of phosphoric acid groups is 2. The summed E-state index contributed by atoms with van der Waals surface area (Å²) in [5.74, 6) is -1.33. The first-order valence-corrected chi connectivity index (χ1v) is 41.6. The lowest BCUT2D eigenvalue weighted by Crippen LogP contribution is -2.30. The van der Waals surface area contributed by atoms with Crippen LogP contribution in [0.2, 0.25) is 0 Å². The Hall–Kier alpha value is -1.94. The number of aliphatic hydroxyl groups excluding tert-OH is 1. The van der Waals surface area contributed by atoms with Crippen molar-refractivity contribution >= 4 is 39.5 Å². The van der Waals surface area contributed by atoms with Crippen LogP contribution in [0, 0.1) is 5.92 Å². The van der Waals surface area contributed by atoms with Crippen LogP contribution in [0.25, 0.3) is 0 Å². The normalized spacial score (nSPS) is 14.0. The molecular formula is C74H144O17P2. The summed E-state index contributed by atoms with van der Waals surface area (Å²) >= 11 is 0. The number of carbonyl (C=O) groups excluding carboxylic acids is 4. The first kappa shape index (κ1) is 91.1. The van der Waals surface area contributed by atoms with Crippen LogP contribution < -0.4 is 0 Å². The third-order valence-electron chi connectivity index (χ3n) is 17.3. The Labute approximate surface area is 568 Å². The van der Waals surface area contributed by atoms with Crippen molar-refractivity contribution in [2.24, 2.45) is 5.92 Å². The van der Waals surface area contributed by atoms with Gasteiger partial charge >= 0.3 is 39.5 Å². The molecule has 0 aromatic heterocycles. The number of rotatable bonds is 74. The zero-order chi connectivity index (χ0) is 68.4. The maximum Gasteiger partial charge on any atom is 0.472 e. The summed E-state index contributed by atoms with van der Waals surface area (Å²) in [6.45, 7) is 7.29. The maximum absolute atomic E-state index is 13.1. The molecule has 0 amide bonds. The van der Waals surface area contributed by atoms with Crippen LogP contribution in [0.3, 0.4) is 0 Å². The molecule has 0 spiro atoms. The van der Waals surface area contributed by atoms with Gasteiger partial charge in [-0.15, -0.1) is 0 Å². The first-order chi connectivity index (χ1) is 45.0. The summed E-state index contributed by atoms with van der Waals surface area (Å²) in [4.78, 5) is 72.7. The van der Waals surface area contributed by atoms with Crippen LogP contribution in [0.1, 0.15) is 388 Å². The van der Waals surface area contributed by atoms with E-state index in [2.05, 4.69) is 34.6 Å². The third-order valence-corrected chi connectivity index (χ3v) is 19.2. The lowest BCUT2D eigenvalue weighted by molar-refractivity contribution is -0.161. The average molecular weight is 1370 g/mol. The second kappa shape index (κ2) is 67.3. The molecule has 19 heteroatoms. The van der Waals surface area contributed by atoms with Crippen molar-refractivity contribution in [3.63, 3.8) is 0 Å². The van der Waals surface area contributed by atoms with Crippen LogP contribution in [0.5, 0.6) is 0 Å². The molecule has 0 aromatic carbocycles. The average Bonchev–Trinajstić information content (AvgIpc) is 1.93. The molecule has 0 saturated heterocycles. The Morgan fingerprint density at radius 3 is 0.731 bits per heavy atom. The van der Waals surface area contributed by atoms with Gasteiger partial charge in [0, 0.05) is 25.7 Å². The number of unbranched alkanes of at least 4 members (excludes halogenated alkanes) is 46. The van der Waals surface area contributed by atoms with Gasteiger partial charge in [-0.05, 0) is 31.6 Å². The van der Waals surface area contributed by atoms with E-state index in [-0.39, 0.29) is 25.7 Å².